The summed E-state index contributed by atoms with van der Waals surface area (Å²) in [6, 6.07) is 11.8. The molecule has 2 nitrogen and oxygen atoms in total. The van der Waals surface area contributed by atoms with E-state index in [1.54, 1.807) is 24.3 Å². The molecule has 0 saturated heterocycles. The Kier molecular flexibility index (Phi) is 3.46. The van der Waals surface area contributed by atoms with Crippen LogP contribution in [0.2, 0.25) is 0 Å². The maximum atomic E-state index is 13.2. The summed E-state index contributed by atoms with van der Waals surface area (Å²) in [6.45, 7) is 0. The lowest BCUT2D eigenvalue weighted by Crippen LogP contribution is -2.11. The summed E-state index contributed by atoms with van der Waals surface area (Å²) in [4.78, 5) is 0. The van der Waals surface area contributed by atoms with Gasteiger partial charge in [0.2, 0.25) is 6.43 Å². The molecular weight excluding hydrogens is 238 g/mol. The molecule has 0 radical (unpaired) electrons. The molecule has 0 aromatic heterocycles. The highest BCUT2D eigenvalue weighted by Gasteiger charge is 2.28. The molecule has 2 aromatic rings. The van der Waals surface area contributed by atoms with Crippen LogP contribution in [-0.2, 0) is 0 Å². The van der Waals surface area contributed by atoms with Gasteiger partial charge in [-0.05, 0) is 12.1 Å². The van der Waals surface area contributed by atoms with E-state index >= 15 is 0 Å². The highest BCUT2D eigenvalue weighted by molar-refractivity contribution is 5.46. The van der Waals surface area contributed by atoms with Gasteiger partial charge in [-0.1, -0.05) is 36.4 Å². The molecule has 4 heteroatoms. The Bertz CT molecular complexity index is 495. The first-order valence-corrected chi connectivity index (χ1v) is 5.45. The average Bonchev–Trinajstić information content (AvgIpc) is 2.34. The van der Waals surface area contributed by atoms with Crippen molar-refractivity contribution in [3.63, 3.8) is 0 Å². The Morgan fingerprint density at radius 3 is 1.44 bits per heavy atom. The first-order chi connectivity index (χ1) is 8.61. The van der Waals surface area contributed by atoms with Gasteiger partial charge in [0, 0.05) is 11.1 Å². The number of halogens is 2. The molecule has 0 fully saturated rings. The SMILES string of the molecule is Oc1ccccc1C(c1ccccc1O)C(F)F. The van der Waals surface area contributed by atoms with Crippen LogP contribution in [0.4, 0.5) is 8.78 Å². The van der Waals surface area contributed by atoms with Gasteiger partial charge < -0.3 is 10.2 Å². The van der Waals surface area contributed by atoms with Crippen molar-refractivity contribution >= 4 is 0 Å². The Labute approximate surface area is 103 Å². The van der Waals surface area contributed by atoms with Gasteiger partial charge in [0.05, 0.1) is 5.92 Å². The lowest BCUT2D eigenvalue weighted by molar-refractivity contribution is 0.126. The van der Waals surface area contributed by atoms with Crippen LogP contribution < -0.4 is 0 Å². The normalized spacial score (nSPS) is 11.1. The minimum absolute atomic E-state index is 0.106. The molecule has 0 spiro atoms. The van der Waals surface area contributed by atoms with Crippen LogP contribution in [-0.4, -0.2) is 16.6 Å². The summed E-state index contributed by atoms with van der Waals surface area (Å²) in [5.74, 6) is -1.75. The second kappa shape index (κ2) is 5.04. The monoisotopic (exact) mass is 250 g/mol. The third-order valence-electron chi connectivity index (χ3n) is 2.80. The number of hydrogen-bond donors (Lipinski definition) is 2. The summed E-state index contributed by atoms with van der Waals surface area (Å²) >= 11 is 0. The fourth-order valence-corrected chi connectivity index (χ4v) is 1.94. The number of hydrogen-bond acceptors (Lipinski definition) is 2. The molecule has 0 amide bonds. The number of phenols is 2. The summed E-state index contributed by atoms with van der Waals surface area (Å²) < 4.78 is 26.4. The van der Waals surface area contributed by atoms with Crippen molar-refractivity contribution in [3.05, 3.63) is 59.7 Å². The van der Waals surface area contributed by atoms with Crippen molar-refractivity contribution in [2.24, 2.45) is 0 Å². The Morgan fingerprint density at radius 2 is 1.11 bits per heavy atom. The van der Waals surface area contributed by atoms with E-state index in [9.17, 15) is 19.0 Å². The van der Waals surface area contributed by atoms with Gasteiger partial charge >= 0.3 is 0 Å². The van der Waals surface area contributed by atoms with Crippen molar-refractivity contribution in [1.82, 2.24) is 0 Å². The smallest absolute Gasteiger partial charge is 0.249 e. The second-order valence-electron chi connectivity index (χ2n) is 3.93. The van der Waals surface area contributed by atoms with Crippen LogP contribution in [0.25, 0.3) is 0 Å². The molecule has 2 rings (SSSR count). The van der Waals surface area contributed by atoms with Crippen LogP contribution in [0, 0.1) is 0 Å². The number of rotatable bonds is 3. The number of phenolic OH excluding ortho intramolecular Hbond substituents is 2. The molecule has 0 aliphatic heterocycles. The molecule has 94 valence electrons. The van der Waals surface area contributed by atoms with E-state index in [0.29, 0.717) is 0 Å². The molecular formula is C14H12F2O2. The molecule has 0 atom stereocenters. The molecule has 0 bridgehead atoms. The predicted octanol–water partition coefficient (Wildman–Crippen LogP) is 3.49. The molecule has 18 heavy (non-hydrogen) atoms. The zero-order chi connectivity index (χ0) is 13.1. The Morgan fingerprint density at radius 1 is 0.722 bits per heavy atom. The van der Waals surface area contributed by atoms with Gasteiger partial charge in [-0.25, -0.2) is 8.78 Å². The fraction of sp³-hybridized carbons (Fsp3) is 0.143. The predicted molar refractivity (Wildman–Crippen MR) is 64.1 cm³/mol. The summed E-state index contributed by atoms with van der Waals surface area (Å²) in [5, 5.41) is 19.3. The van der Waals surface area contributed by atoms with E-state index < -0.39 is 12.3 Å². The second-order valence-corrected chi connectivity index (χ2v) is 3.93. The van der Waals surface area contributed by atoms with Crippen molar-refractivity contribution in [2.45, 2.75) is 12.3 Å². The zero-order valence-corrected chi connectivity index (χ0v) is 9.42. The molecule has 0 aliphatic rings. The standard InChI is InChI=1S/C14H12F2O2/c15-14(16)13(9-5-1-3-7-11(9)17)10-6-2-4-8-12(10)18/h1-8,13-14,17-18H. The van der Waals surface area contributed by atoms with E-state index in [2.05, 4.69) is 0 Å². The summed E-state index contributed by atoms with van der Waals surface area (Å²) in [6.07, 6.45) is -2.72. The Balaban J connectivity index is 2.55. The van der Waals surface area contributed by atoms with E-state index in [-0.39, 0.29) is 22.6 Å². The van der Waals surface area contributed by atoms with Gasteiger partial charge in [0.25, 0.3) is 0 Å². The lowest BCUT2D eigenvalue weighted by atomic mass is 9.90. The summed E-state index contributed by atoms with van der Waals surface area (Å²) in [7, 11) is 0. The zero-order valence-electron chi connectivity index (χ0n) is 9.42. The molecule has 0 heterocycles. The maximum absolute atomic E-state index is 13.2. The van der Waals surface area contributed by atoms with Crippen molar-refractivity contribution in [2.75, 3.05) is 0 Å². The first kappa shape index (κ1) is 12.4. The number of benzene rings is 2. The minimum atomic E-state index is -2.72. The Hall–Kier alpha value is -2.10. The van der Waals surface area contributed by atoms with Gasteiger partial charge in [-0.15, -0.1) is 0 Å². The molecule has 0 aliphatic carbocycles. The third-order valence-corrected chi connectivity index (χ3v) is 2.80. The van der Waals surface area contributed by atoms with E-state index in [1.165, 1.54) is 24.3 Å². The van der Waals surface area contributed by atoms with Crippen LogP contribution in [0.3, 0.4) is 0 Å². The van der Waals surface area contributed by atoms with Crippen LogP contribution in [0.1, 0.15) is 17.0 Å². The lowest BCUT2D eigenvalue weighted by Gasteiger charge is -2.19. The largest absolute Gasteiger partial charge is 0.508 e. The molecule has 0 unspecified atom stereocenters. The van der Waals surface area contributed by atoms with Gasteiger partial charge in [-0.2, -0.15) is 0 Å². The first-order valence-electron chi connectivity index (χ1n) is 5.45. The summed E-state index contributed by atoms with van der Waals surface area (Å²) in [5.41, 5.74) is 0.211. The molecule has 2 N–H and O–H groups in total. The highest BCUT2D eigenvalue weighted by atomic mass is 19.3. The quantitative estimate of drug-likeness (QED) is 0.875. The third kappa shape index (κ3) is 2.27. The number of para-hydroxylation sites is 2. The van der Waals surface area contributed by atoms with Crippen molar-refractivity contribution in [1.29, 1.82) is 0 Å². The van der Waals surface area contributed by atoms with Crippen LogP contribution >= 0.6 is 0 Å². The number of aromatic hydroxyl groups is 2. The topological polar surface area (TPSA) is 40.5 Å². The fourth-order valence-electron chi connectivity index (χ4n) is 1.94. The minimum Gasteiger partial charge on any atom is -0.508 e. The number of alkyl halides is 2. The highest BCUT2D eigenvalue weighted by Crippen LogP contribution is 2.39. The molecule has 0 saturated carbocycles. The molecule has 2 aromatic carbocycles. The van der Waals surface area contributed by atoms with Gasteiger partial charge in [0.1, 0.15) is 11.5 Å². The van der Waals surface area contributed by atoms with Crippen LogP contribution in [0.5, 0.6) is 11.5 Å². The average molecular weight is 250 g/mol. The van der Waals surface area contributed by atoms with Crippen molar-refractivity contribution < 1.29 is 19.0 Å². The van der Waals surface area contributed by atoms with E-state index in [0.717, 1.165) is 0 Å². The van der Waals surface area contributed by atoms with Crippen molar-refractivity contribution in [3.8, 4) is 11.5 Å². The van der Waals surface area contributed by atoms with Crippen LogP contribution in [0.15, 0.2) is 48.5 Å². The van der Waals surface area contributed by atoms with Gasteiger partial charge in [0.15, 0.2) is 0 Å². The van der Waals surface area contributed by atoms with Gasteiger partial charge in [-0.3, -0.25) is 0 Å². The maximum Gasteiger partial charge on any atom is 0.249 e. The van der Waals surface area contributed by atoms with E-state index in [1.807, 2.05) is 0 Å². The van der Waals surface area contributed by atoms with E-state index in [4.69, 9.17) is 0 Å².